The second-order valence-corrected chi connectivity index (χ2v) is 6.26. The van der Waals surface area contributed by atoms with Crippen LogP contribution in [0.1, 0.15) is 13.3 Å². The van der Waals surface area contributed by atoms with Gasteiger partial charge in [0.25, 0.3) is 0 Å². The first-order valence-corrected chi connectivity index (χ1v) is 6.95. The van der Waals surface area contributed by atoms with Gasteiger partial charge in [-0.2, -0.15) is 0 Å². The number of piperidine rings is 2. The second-order valence-electron chi connectivity index (χ2n) is 6.26. The van der Waals surface area contributed by atoms with Gasteiger partial charge in [0.2, 0.25) is 0 Å². The molecule has 4 heterocycles. The van der Waals surface area contributed by atoms with Crippen molar-refractivity contribution in [1.82, 2.24) is 15.1 Å². The molecule has 0 saturated carbocycles. The number of hydrogen-bond acceptors (Lipinski definition) is 4. The van der Waals surface area contributed by atoms with Crippen molar-refractivity contribution in [2.24, 2.45) is 11.3 Å². The van der Waals surface area contributed by atoms with E-state index in [0.29, 0.717) is 5.92 Å². The molecule has 4 fully saturated rings. The highest BCUT2D eigenvalue weighted by Gasteiger charge is 2.61. The standard InChI is InChI=1S/C13H25N3O/c1-3-12-9-15-4-5-16(10-12)7-11(6-15)13(12,17)8-14-2/h11,14,17H,3-10H2,1-2H3. The maximum Gasteiger partial charge on any atom is 0.0903 e. The van der Waals surface area contributed by atoms with E-state index < -0.39 is 5.60 Å². The smallest absolute Gasteiger partial charge is 0.0903 e. The van der Waals surface area contributed by atoms with Gasteiger partial charge in [-0.3, -0.25) is 0 Å². The maximum absolute atomic E-state index is 11.2. The zero-order valence-electron chi connectivity index (χ0n) is 11.1. The third-order valence-electron chi connectivity index (χ3n) is 5.46. The highest BCUT2D eigenvalue weighted by Crippen LogP contribution is 2.49. The minimum absolute atomic E-state index is 0.0771. The summed E-state index contributed by atoms with van der Waals surface area (Å²) in [6, 6.07) is 0. The summed E-state index contributed by atoms with van der Waals surface area (Å²) in [7, 11) is 1.96. The Bertz CT molecular complexity index is 293. The van der Waals surface area contributed by atoms with Crippen LogP contribution in [0.2, 0.25) is 0 Å². The maximum atomic E-state index is 11.2. The number of nitrogens with zero attached hydrogens (tertiary/aromatic N) is 2. The molecule has 98 valence electrons. The van der Waals surface area contributed by atoms with Crippen LogP contribution < -0.4 is 5.32 Å². The Labute approximate surface area is 104 Å². The van der Waals surface area contributed by atoms with E-state index in [0.717, 1.165) is 39.1 Å². The molecule has 3 unspecified atom stereocenters. The molecule has 0 aromatic heterocycles. The number of nitrogens with one attached hydrogen (secondary N) is 1. The van der Waals surface area contributed by atoms with Gasteiger partial charge in [-0.15, -0.1) is 0 Å². The molecule has 4 nitrogen and oxygen atoms in total. The third kappa shape index (κ3) is 1.51. The van der Waals surface area contributed by atoms with E-state index in [2.05, 4.69) is 22.0 Å². The first-order valence-electron chi connectivity index (χ1n) is 6.95. The van der Waals surface area contributed by atoms with Gasteiger partial charge in [0.05, 0.1) is 5.60 Å². The molecule has 4 bridgehead atoms. The summed E-state index contributed by atoms with van der Waals surface area (Å²) >= 11 is 0. The van der Waals surface area contributed by atoms with Crippen molar-refractivity contribution in [1.29, 1.82) is 0 Å². The van der Waals surface area contributed by atoms with Crippen molar-refractivity contribution in [3.63, 3.8) is 0 Å². The van der Waals surface area contributed by atoms with Crippen LogP contribution in [0.4, 0.5) is 0 Å². The highest BCUT2D eigenvalue weighted by molar-refractivity contribution is 5.14. The number of rotatable bonds is 3. The lowest BCUT2D eigenvalue weighted by atomic mass is 9.59. The van der Waals surface area contributed by atoms with Crippen molar-refractivity contribution in [2.45, 2.75) is 18.9 Å². The predicted octanol–water partition coefficient (Wildman–Crippen LogP) is -0.406. The first-order chi connectivity index (χ1) is 8.13. The Morgan fingerprint density at radius 3 is 2.29 bits per heavy atom. The molecule has 0 amide bonds. The van der Waals surface area contributed by atoms with Crippen molar-refractivity contribution in [2.75, 3.05) is 52.9 Å². The topological polar surface area (TPSA) is 38.7 Å². The summed E-state index contributed by atoms with van der Waals surface area (Å²) in [5.41, 5.74) is -0.429. The van der Waals surface area contributed by atoms with E-state index in [1.54, 1.807) is 0 Å². The zero-order valence-corrected chi connectivity index (χ0v) is 11.1. The van der Waals surface area contributed by atoms with Gasteiger partial charge in [-0.25, -0.2) is 0 Å². The molecule has 4 aliphatic heterocycles. The Kier molecular flexibility index (Phi) is 2.74. The normalized spacial score (nSPS) is 52.8. The third-order valence-corrected chi connectivity index (χ3v) is 5.46. The Hall–Kier alpha value is -0.160. The van der Waals surface area contributed by atoms with Gasteiger partial charge >= 0.3 is 0 Å². The molecule has 0 aliphatic carbocycles. The monoisotopic (exact) mass is 239 g/mol. The predicted molar refractivity (Wildman–Crippen MR) is 68.0 cm³/mol. The van der Waals surface area contributed by atoms with Crippen molar-refractivity contribution in [3.05, 3.63) is 0 Å². The van der Waals surface area contributed by atoms with Crippen LogP contribution in [-0.4, -0.2) is 73.4 Å². The molecule has 0 radical (unpaired) electrons. The summed E-state index contributed by atoms with van der Waals surface area (Å²) < 4.78 is 0. The number of likely N-dealkylation sites (N-methyl/N-ethyl adjacent to an activating group) is 1. The molecule has 4 saturated heterocycles. The van der Waals surface area contributed by atoms with E-state index in [1.807, 2.05) is 7.05 Å². The molecule has 4 rings (SSSR count). The lowest BCUT2D eigenvalue weighted by molar-refractivity contribution is -0.196. The number of aliphatic hydroxyl groups is 1. The van der Waals surface area contributed by atoms with E-state index in [-0.39, 0.29) is 5.41 Å². The van der Waals surface area contributed by atoms with Gasteiger partial charge < -0.3 is 20.2 Å². The summed E-state index contributed by atoms with van der Waals surface area (Å²) in [6.45, 7) is 9.68. The average molecular weight is 239 g/mol. The van der Waals surface area contributed by atoms with Gasteiger partial charge in [-0.1, -0.05) is 6.92 Å². The fraction of sp³-hybridized carbons (Fsp3) is 1.00. The van der Waals surface area contributed by atoms with Crippen molar-refractivity contribution in [3.8, 4) is 0 Å². The summed E-state index contributed by atoms with van der Waals surface area (Å²) in [6.07, 6.45) is 1.08. The summed E-state index contributed by atoms with van der Waals surface area (Å²) in [5.74, 6) is 0.417. The second kappa shape index (κ2) is 3.92. The molecule has 2 N–H and O–H groups in total. The minimum Gasteiger partial charge on any atom is -0.387 e. The molecular weight excluding hydrogens is 214 g/mol. The lowest BCUT2D eigenvalue weighted by Crippen LogP contribution is -2.73. The van der Waals surface area contributed by atoms with Crippen LogP contribution >= 0.6 is 0 Å². The van der Waals surface area contributed by atoms with Gasteiger partial charge in [0.15, 0.2) is 0 Å². The van der Waals surface area contributed by atoms with Gasteiger partial charge in [0, 0.05) is 57.1 Å². The quantitative estimate of drug-likeness (QED) is 0.702. The SMILES string of the molecule is CCC12CN3CCN(CC(C3)C1(O)CNC)C2. The Morgan fingerprint density at radius 2 is 1.82 bits per heavy atom. The van der Waals surface area contributed by atoms with E-state index >= 15 is 0 Å². The molecule has 4 aliphatic rings. The van der Waals surface area contributed by atoms with Crippen LogP contribution in [0.15, 0.2) is 0 Å². The Balaban J connectivity index is 2.00. The average Bonchev–Trinajstić information content (AvgIpc) is 2.55. The highest BCUT2D eigenvalue weighted by atomic mass is 16.3. The number of fused-ring (bicyclic) bond motifs is 1. The first kappa shape index (κ1) is 11.9. The molecule has 0 aromatic rings. The molecule has 0 aromatic carbocycles. The van der Waals surface area contributed by atoms with Gasteiger partial charge in [-0.05, 0) is 13.5 Å². The largest absolute Gasteiger partial charge is 0.387 e. The van der Waals surface area contributed by atoms with E-state index in [4.69, 9.17) is 0 Å². The van der Waals surface area contributed by atoms with Crippen LogP contribution in [0, 0.1) is 11.3 Å². The van der Waals surface area contributed by atoms with Crippen molar-refractivity contribution >= 4 is 0 Å². The van der Waals surface area contributed by atoms with Crippen LogP contribution in [0.5, 0.6) is 0 Å². The Morgan fingerprint density at radius 1 is 1.24 bits per heavy atom. The van der Waals surface area contributed by atoms with Crippen LogP contribution in [0.25, 0.3) is 0 Å². The van der Waals surface area contributed by atoms with Crippen LogP contribution in [0.3, 0.4) is 0 Å². The van der Waals surface area contributed by atoms with E-state index in [1.165, 1.54) is 13.1 Å². The fourth-order valence-corrected chi connectivity index (χ4v) is 4.48. The molecule has 17 heavy (non-hydrogen) atoms. The fourth-order valence-electron chi connectivity index (χ4n) is 4.48. The number of hydrogen-bond donors (Lipinski definition) is 2. The molecule has 0 spiro atoms. The molecule has 3 atom stereocenters. The van der Waals surface area contributed by atoms with Crippen molar-refractivity contribution < 1.29 is 5.11 Å². The lowest BCUT2D eigenvalue weighted by Gasteiger charge is -2.60. The molecular formula is C13H25N3O. The van der Waals surface area contributed by atoms with E-state index in [9.17, 15) is 5.11 Å². The molecule has 4 heteroatoms. The summed E-state index contributed by atoms with van der Waals surface area (Å²) in [4.78, 5) is 5.15. The summed E-state index contributed by atoms with van der Waals surface area (Å²) in [5, 5.41) is 14.5. The minimum atomic E-state index is -0.506. The zero-order chi connectivity index (χ0) is 12.1. The van der Waals surface area contributed by atoms with Crippen LogP contribution in [-0.2, 0) is 0 Å². The van der Waals surface area contributed by atoms with Gasteiger partial charge in [0.1, 0.15) is 0 Å².